The molecule has 0 radical (unpaired) electrons. The summed E-state index contributed by atoms with van der Waals surface area (Å²) in [6, 6.07) is 3.78. The molecule has 138 valence electrons. The molecule has 6 heteroatoms. The average Bonchev–Trinajstić information content (AvgIpc) is 3.09. The number of carbonyl (C=O) groups excluding carboxylic acids is 1. The molecule has 0 atom stereocenters. The van der Waals surface area contributed by atoms with E-state index in [0.717, 1.165) is 30.0 Å². The van der Waals surface area contributed by atoms with Crippen LogP contribution in [0.3, 0.4) is 0 Å². The molecule has 1 fully saturated rings. The van der Waals surface area contributed by atoms with Crippen molar-refractivity contribution in [2.75, 3.05) is 27.2 Å². The average molecular weight is 347 g/mol. The number of furan rings is 1. The highest BCUT2D eigenvalue weighted by molar-refractivity contribution is 6.01. The lowest BCUT2D eigenvalue weighted by Gasteiger charge is -2.33. The van der Waals surface area contributed by atoms with Crippen molar-refractivity contribution in [3.8, 4) is 0 Å². The fourth-order valence-corrected chi connectivity index (χ4v) is 2.90. The Bertz CT molecular complexity index is 619. The maximum absolute atomic E-state index is 12.2. The Morgan fingerprint density at radius 3 is 2.56 bits per heavy atom. The van der Waals surface area contributed by atoms with Gasteiger partial charge in [0.25, 0.3) is 0 Å². The summed E-state index contributed by atoms with van der Waals surface area (Å²) in [6.45, 7) is 7.03. The second-order valence-electron chi connectivity index (χ2n) is 7.18. The second kappa shape index (κ2) is 8.23. The molecule has 0 aromatic carbocycles. The Kier molecular flexibility index (Phi) is 6.28. The third kappa shape index (κ3) is 5.37. The maximum Gasteiger partial charge on any atom is 0.410 e. The molecule has 1 aromatic rings. The van der Waals surface area contributed by atoms with E-state index in [1.54, 1.807) is 11.2 Å². The number of carbonyl (C=O) groups is 1. The summed E-state index contributed by atoms with van der Waals surface area (Å²) in [7, 11) is 3.67. The van der Waals surface area contributed by atoms with Crippen LogP contribution in [-0.4, -0.2) is 49.5 Å². The third-order valence-corrected chi connectivity index (χ3v) is 4.17. The molecule has 2 rings (SSSR count). The van der Waals surface area contributed by atoms with Crippen LogP contribution in [0, 0.1) is 5.92 Å². The predicted molar refractivity (Wildman–Crippen MR) is 99.6 cm³/mol. The van der Waals surface area contributed by atoms with Crippen LogP contribution in [0.15, 0.2) is 33.9 Å². The Morgan fingerprint density at radius 1 is 1.40 bits per heavy atom. The largest absolute Gasteiger partial charge is 0.463 e. The first-order valence-electron chi connectivity index (χ1n) is 8.72. The number of allylic oxidation sites excluding steroid dienone is 1. The molecule has 1 N–H and O–H groups in total. The van der Waals surface area contributed by atoms with E-state index in [4.69, 9.17) is 9.15 Å². The smallest absolute Gasteiger partial charge is 0.410 e. The molecule has 1 aromatic heterocycles. The van der Waals surface area contributed by atoms with Gasteiger partial charge in [-0.05, 0) is 51.8 Å². The number of rotatable bonds is 4. The molecule has 1 aliphatic rings. The van der Waals surface area contributed by atoms with E-state index in [-0.39, 0.29) is 6.09 Å². The van der Waals surface area contributed by atoms with Crippen LogP contribution in [0.1, 0.15) is 39.4 Å². The van der Waals surface area contributed by atoms with Crippen LogP contribution in [0.25, 0.3) is 5.70 Å². The van der Waals surface area contributed by atoms with Gasteiger partial charge in [0.05, 0.1) is 12.0 Å². The van der Waals surface area contributed by atoms with Crippen molar-refractivity contribution >= 4 is 17.5 Å². The summed E-state index contributed by atoms with van der Waals surface area (Å²) in [5, 5.41) is 3.16. The topological polar surface area (TPSA) is 67.1 Å². The SMILES string of the molecule is C/N=C(\C=C(/NC)c1ccco1)C1CCN(C(=O)OC(C)(C)C)CC1. The lowest BCUT2D eigenvalue weighted by molar-refractivity contribution is 0.0202. The molecule has 1 saturated heterocycles. The second-order valence-corrected chi connectivity index (χ2v) is 7.18. The highest BCUT2D eigenvalue weighted by atomic mass is 16.6. The van der Waals surface area contributed by atoms with Crippen molar-refractivity contribution in [1.82, 2.24) is 10.2 Å². The van der Waals surface area contributed by atoms with Gasteiger partial charge in [0.2, 0.25) is 0 Å². The van der Waals surface area contributed by atoms with E-state index in [9.17, 15) is 4.79 Å². The zero-order chi connectivity index (χ0) is 18.4. The van der Waals surface area contributed by atoms with E-state index in [1.807, 2.05) is 53.1 Å². The van der Waals surface area contributed by atoms with Gasteiger partial charge >= 0.3 is 6.09 Å². The lowest BCUT2D eigenvalue weighted by atomic mass is 9.91. The Hall–Kier alpha value is -2.24. The van der Waals surface area contributed by atoms with Crippen LogP contribution in [0.4, 0.5) is 4.79 Å². The number of hydrogen-bond acceptors (Lipinski definition) is 5. The van der Waals surface area contributed by atoms with Crippen LogP contribution in [0.2, 0.25) is 0 Å². The van der Waals surface area contributed by atoms with E-state index in [2.05, 4.69) is 10.3 Å². The van der Waals surface area contributed by atoms with Gasteiger partial charge in [-0.25, -0.2) is 4.79 Å². The van der Waals surface area contributed by atoms with Gasteiger partial charge in [0.15, 0.2) is 0 Å². The maximum atomic E-state index is 12.2. The summed E-state index contributed by atoms with van der Waals surface area (Å²) in [5.41, 5.74) is 1.46. The fourth-order valence-electron chi connectivity index (χ4n) is 2.90. The number of hydrogen-bond donors (Lipinski definition) is 1. The highest BCUT2D eigenvalue weighted by Crippen LogP contribution is 2.23. The molecule has 0 spiro atoms. The van der Waals surface area contributed by atoms with Crippen molar-refractivity contribution in [1.29, 1.82) is 0 Å². The van der Waals surface area contributed by atoms with Gasteiger partial charge in [-0.2, -0.15) is 0 Å². The van der Waals surface area contributed by atoms with Crippen molar-refractivity contribution in [2.45, 2.75) is 39.2 Å². The van der Waals surface area contributed by atoms with Gasteiger partial charge in [-0.1, -0.05) is 0 Å². The van der Waals surface area contributed by atoms with Crippen LogP contribution in [-0.2, 0) is 4.74 Å². The number of nitrogens with zero attached hydrogens (tertiary/aromatic N) is 2. The molecule has 6 nitrogen and oxygen atoms in total. The van der Waals surface area contributed by atoms with Crippen molar-refractivity contribution in [3.63, 3.8) is 0 Å². The molecule has 0 bridgehead atoms. The lowest BCUT2D eigenvalue weighted by Crippen LogP contribution is -2.42. The molecule has 0 aliphatic carbocycles. The summed E-state index contributed by atoms with van der Waals surface area (Å²) in [4.78, 5) is 18.4. The molecular weight excluding hydrogens is 318 g/mol. The Balaban J connectivity index is 2.00. The summed E-state index contributed by atoms with van der Waals surface area (Å²) < 4.78 is 10.9. The third-order valence-electron chi connectivity index (χ3n) is 4.17. The summed E-state index contributed by atoms with van der Waals surface area (Å²) in [5.74, 6) is 1.11. The van der Waals surface area contributed by atoms with Crippen molar-refractivity contribution in [3.05, 3.63) is 30.2 Å². The summed E-state index contributed by atoms with van der Waals surface area (Å²) >= 11 is 0. The van der Waals surface area contributed by atoms with Gasteiger partial charge in [-0.3, -0.25) is 4.99 Å². The first-order chi connectivity index (χ1) is 11.8. The minimum atomic E-state index is -0.461. The quantitative estimate of drug-likeness (QED) is 0.846. The molecular formula is C19H29N3O3. The highest BCUT2D eigenvalue weighted by Gasteiger charge is 2.28. The van der Waals surface area contributed by atoms with Crippen molar-refractivity contribution < 1.29 is 13.9 Å². The van der Waals surface area contributed by atoms with Gasteiger partial charge in [0, 0.05) is 38.8 Å². The number of piperidine rings is 1. The minimum absolute atomic E-state index is 0.233. The fraction of sp³-hybridized carbons (Fsp3) is 0.579. The van der Waals surface area contributed by atoms with E-state index in [0.29, 0.717) is 19.0 Å². The zero-order valence-corrected chi connectivity index (χ0v) is 15.8. The molecule has 0 unspecified atom stereocenters. The molecule has 0 saturated carbocycles. The minimum Gasteiger partial charge on any atom is -0.463 e. The number of nitrogens with one attached hydrogen (secondary N) is 1. The van der Waals surface area contributed by atoms with Crippen LogP contribution < -0.4 is 5.32 Å². The first kappa shape index (κ1) is 19.1. The van der Waals surface area contributed by atoms with Crippen LogP contribution in [0.5, 0.6) is 0 Å². The van der Waals surface area contributed by atoms with E-state index in [1.165, 1.54) is 0 Å². The zero-order valence-electron chi connectivity index (χ0n) is 15.8. The molecule has 1 amide bonds. The van der Waals surface area contributed by atoms with E-state index >= 15 is 0 Å². The normalized spacial score (nSPS) is 17.6. The van der Waals surface area contributed by atoms with E-state index < -0.39 is 5.60 Å². The Morgan fingerprint density at radius 2 is 2.08 bits per heavy atom. The van der Waals surface area contributed by atoms with Crippen molar-refractivity contribution in [2.24, 2.45) is 10.9 Å². The van der Waals surface area contributed by atoms with Crippen LogP contribution >= 0.6 is 0 Å². The first-order valence-corrected chi connectivity index (χ1v) is 8.72. The molecule has 25 heavy (non-hydrogen) atoms. The van der Waals surface area contributed by atoms with Gasteiger partial charge in [-0.15, -0.1) is 0 Å². The molecule has 2 heterocycles. The Labute approximate surface area is 149 Å². The number of aliphatic imine (C=N–C) groups is 1. The molecule has 1 aliphatic heterocycles. The van der Waals surface area contributed by atoms with Gasteiger partial charge in [0.1, 0.15) is 11.4 Å². The monoisotopic (exact) mass is 347 g/mol. The number of amides is 1. The summed E-state index contributed by atoms with van der Waals surface area (Å²) in [6.07, 6.45) is 5.20. The number of ether oxygens (including phenoxy) is 1. The number of likely N-dealkylation sites (tertiary alicyclic amines) is 1. The predicted octanol–water partition coefficient (Wildman–Crippen LogP) is 3.56. The van der Waals surface area contributed by atoms with Gasteiger partial charge < -0.3 is 19.4 Å². The standard InChI is InChI=1S/C19H29N3O3/c1-19(2,3)25-18(23)22-10-8-14(9-11-22)15(20-4)13-16(21-5)17-7-6-12-24-17/h6-7,12-14,21H,8-11H2,1-5H3/b16-13-,20-15+.